The number of ether oxygens (including phenoxy) is 1. The first-order valence-electron chi connectivity index (χ1n) is 7.60. The Morgan fingerprint density at radius 3 is 2.65 bits per heavy atom. The zero-order valence-electron chi connectivity index (χ0n) is 12.7. The van der Waals surface area contributed by atoms with Crippen LogP contribution in [0.3, 0.4) is 0 Å². The Labute approximate surface area is 121 Å². The lowest BCUT2D eigenvalue weighted by molar-refractivity contribution is -0.128. The van der Waals surface area contributed by atoms with E-state index in [1.807, 2.05) is 32.9 Å². The minimum Gasteiger partial charge on any atom is -0.481 e. The van der Waals surface area contributed by atoms with E-state index in [2.05, 4.69) is 11.4 Å². The molecular weight excluding hydrogens is 250 g/mol. The molecule has 1 aliphatic rings. The third-order valence-corrected chi connectivity index (χ3v) is 3.97. The highest BCUT2D eigenvalue weighted by atomic mass is 16.5. The summed E-state index contributed by atoms with van der Waals surface area (Å²) in [6.07, 6.45) is 5.48. The van der Waals surface area contributed by atoms with Gasteiger partial charge < -0.3 is 10.1 Å². The topological polar surface area (TPSA) is 38.3 Å². The number of hydrogen-bond acceptors (Lipinski definition) is 2. The van der Waals surface area contributed by atoms with Crippen LogP contribution in [0.25, 0.3) is 0 Å². The highest BCUT2D eigenvalue weighted by Gasteiger charge is 2.21. The number of rotatable bonds is 4. The van der Waals surface area contributed by atoms with E-state index in [9.17, 15) is 4.79 Å². The quantitative estimate of drug-likeness (QED) is 0.913. The summed E-state index contributed by atoms with van der Waals surface area (Å²) >= 11 is 0. The van der Waals surface area contributed by atoms with Gasteiger partial charge in [0.2, 0.25) is 0 Å². The monoisotopic (exact) mass is 275 g/mol. The summed E-state index contributed by atoms with van der Waals surface area (Å²) in [6.45, 7) is 5.85. The maximum atomic E-state index is 12.2. The molecule has 1 unspecified atom stereocenters. The predicted molar refractivity (Wildman–Crippen MR) is 81.0 cm³/mol. The molecule has 0 spiro atoms. The van der Waals surface area contributed by atoms with Gasteiger partial charge in [-0.25, -0.2) is 0 Å². The van der Waals surface area contributed by atoms with Crippen molar-refractivity contribution in [2.45, 2.75) is 65.0 Å². The predicted octanol–water partition coefficient (Wildman–Crippen LogP) is 3.52. The van der Waals surface area contributed by atoms with Crippen molar-refractivity contribution in [1.29, 1.82) is 0 Å². The summed E-state index contributed by atoms with van der Waals surface area (Å²) in [5.74, 6) is 0.800. The van der Waals surface area contributed by atoms with E-state index in [4.69, 9.17) is 4.74 Å². The maximum Gasteiger partial charge on any atom is 0.260 e. The zero-order chi connectivity index (χ0) is 14.5. The van der Waals surface area contributed by atoms with Crippen LogP contribution < -0.4 is 10.1 Å². The first-order valence-corrected chi connectivity index (χ1v) is 7.60. The SMILES string of the molecule is Cc1ccc(C)c(OC(C)C(=O)NC2CCCCC2)c1. The Kier molecular flexibility index (Phi) is 5.05. The fourth-order valence-corrected chi connectivity index (χ4v) is 2.64. The molecule has 0 aromatic heterocycles. The Bertz CT molecular complexity index is 464. The normalized spacial score (nSPS) is 17.6. The lowest BCUT2D eigenvalue weighted by Gasteiger charge is -2.25. The van der Waals surface area contributed by atoms with Gasteiger partial charge >= 0.3 is 0 Å². The number of carbonyl (C=O) groups excluding carboxylic acids is 1. The van der Waals surface area contributed by atoms with Crippen molar-refractivity contribution in [1.82, 2.24) is 5.32 Å². The number of carbonyl (C=O) groups is 1. The van der Waals surface area contributed by atoms with Crippen molar-refractivity contribution in [3.63, 3.8) is 0 Å². The summed E-state index contributed by atoms with van der Waals surface area (Å²) in [7, 11) is 0. The molecule has 2 rings (SSSR count). The lowest BCUT2D eigenvalue weighted by Crippen LogP contribution is -2.43. The standard InChI is InChI=1S/C17H25NO2/c1-12-9-10-13(2)16(11-12)20-14(3)17(19)18-15-7-5-4-6-8-15/h9-11,14-15H,4-8H2,1-3H3,(H,18,19). The van der Waals surface area contributed by atoms with E-state index in [1.54, 1.807) is 0 Å². The molecule has 0 aliphatic heterocycles. The van der Waals surface area contributed by atoms with E-state index < -0.39 is 6.10 Å². The first-order chi connectivity index (χ1) is 9.56. The van der Waals surface area contributed by atoms with E-state index in [1.165, 1.54) is 19.3 Å². The largest absolute Gasteiger partial charge is 0.481 e. The highest BCUT2D eigenvalue weighted by molar-refractivity contribution is 5.81. The third-order valence-electron chi connectivity index (χ3n) is 3.97. The average Bonchev–Trinajstić information content (AvgIpc) is 2.44. The molecular formula is C17H25NO2. The summed E-state index contributed by atoms with van der Waals surface area (Å²) in [6, 6.07) is 6.39. The number of benzene rings is 1. The molecule has 3 heteroatoms. The smallest absolute Gasteiger partial charge is 0.260 e. The van der Waals surface area contributed by atoms with Gasteiger partial charge in [0.05, 0.1) is 0 Å². The number of hydrogen-bond donors (Lipinski definition) is 1. The van der Waals surface area contributed by atoms with Gasteiger partial charge in [-0.3, -0.25) is 4.79 Å². The van der Waals surface area contributed by atoms with Gasteiger partial charge in [-0.15, -0.1) is 0 Å². The maximum absolute atomic E-state index is 12.2. The van der Waals surface area contributed by atoms with Crippen molar-refractivity contribution in [2.75, 3.05) is 0 Å². The molecule has 1 fully saturated rings. The Morgan fingerprint density at radius 1 is 1.25 bits per heavy atom. The van der Waals surface area contributed by atoms with Crippen molar-refractivity contribution in [3.05, 3.63) is 29.3 Å². The lowest BCUT2D eigenvalue weighted by atomic mass is 9.95. The second-order valence-corrected chi connectivity index (χ2v) is 5.87. The van der Waals surface area contributed by atoms with E-state index in [0.29, 0.717) is 6.04 Å². The number of aryl methyl sites for hydroxylation is 2. The van der Waals surface area contributed by atoms with Crippen molar-refractivity contribution < 1.29 is 9.53 Å². The molecule has 1 aromatic rings. The molecule has 0 saturated heterocycles. The first kappa shape index (κ1) is 14.9. The van der Waals surface area contributed by atoms with Crippen LogP contribution in [0.1, 0.15) is 50.2 Å². The van der Waals surface area contributed by atoms with Crippen LogP contribution in [-0.2, 0) is 4.79 Å². The van der Waals surface area contributed by atoms with Crippen molar-refractivity contribution >= 4 is 5.91 Å². The Balaban J connectivity index is 1.91. The van der Waals surface area contributed by atoms with Gasteiger partial charge in [-0.2, -0.15) is 0 Å². The second kappa shape index (κ2) is 6.78. The van der Waals surface area contributed by atoms with Crippen LogP contribution >= 0.6 is 0 Å². The number of amides is 1. The van der Waals surface area contributed by atoms with Crippen LogP contribution in [0.15, 0.2) is 18.2 Å². The fraction of sp³-hybridized carbons (Fsp3) is 0.588. The summed E-state index contributed by atoms with van der Waals surface area (Å²) in [4.78, 5) is 12.2. The molecule has 3 nitrogen and oxygen atoms in total. The number of nitrogens with one attached hydrogen (secondary N) is 1. The zero-order valence-corrected chi connectivity index (χ0v) is 12.7. The minimum atomic E-state index is -0.447. The average molecular weight is 275 g/mol. The molecule has 1 amide bonds. The molecule has 1 aromatic carbocycles. The second-order valence-electron chi connectivity index (χ2n) is 5.87. The van der Waals surface area contributed by atoms with E-state index >= 15 is 0 Å². The molecule has 110 valence electrons. The van der Waals surface area contributed by atoms with Gasteiger partial charge in [0.15, 0.2) is 6.10 Å². The van der Waals surface area contributed by atoms with E-state index in [0.717, 1.165) is 29.7 Å². The molecule has 1 saturated carbocycles. The van der Waals surface area contributed by atoms with Crippen LogP contribution in [0.4, 0.5) is 0 Å². The summed E-state index contributed by atoms with van der Waals surface area (Å²) < 4.78 is 5.82. The van der Waals surface area contributed by atoms with Gasteiger partial charge in [-0.05, 0) is 50.8 Å². The molecule has 20 heavy (non-hydrogen) atoms. The molecule has 0 bridgehead atoms. The molecule has 1 atom stereocenters. The van der Waals surface area contributed by atoms with Gasteiger partial charge in [0.1, 0.15) is 5.75 Å². The van der Waals surface area contributed by atoms with Crippen molar-refractivity contribution in [3.8, 4) is 5.75 Å². The third kappa shape index (κ3) is 3.99. The molecule has 1 aliphatic carbocycles. The highest BCUT2D eigenvalue weighted by Crippen LogP contribution is 2.21. The van der Waals surface area contributed by atoms with Crippen LogP contribution in [0.2, 0.25) is 0 Å². The summed E-state index contributed by atoms with van der Waals surface area (Å²) in [5.41, 5.74) is 2.21. The van der Waals surface area contributed by atoms with Crippen LogP contribution in [0, 0.1) is 13.8 Å². The Morgan fingerprint density at radius 2 is 1.95 bits per heavy atom. The fourth-order valence-electron chi connectivity index (χ4n) is 2.64. The van der Waals surface area contributed by atoms with Crippen LogP contribution in [-0.4, -0.2) is 18.1 Å². The van der Waals surface area contributed by atoms with Crippen molar-refractivity contribution in [2.24, 2.45) is 0 Å². The van der Waals surface area contributed by atoms with Gasteiger partial charge in [-0.1, -0.05) is 31.4 Å². The minimum absolute atomic E-state index is 0.00203. The molecule has 1 N–H and O–H groups in total. The Hall–Kier alpha value is -1.51. The van der Waals surface area contributed by atoms with Crippen LogP contribution in [0.5, 0.6) is 5.75 Å². The van der Waals surface area contributed by atoms with Gasteiger partial charge in [0.25, 0.3) is 5.91 Å². The molecule has 0 heterocycles. The summed E-state index contributed by atoms with van der Waals surface area (Å²) in [5, 5.41) is 3.11. The molecule has 0 radical (unpaired) electrons. The van der Waals surface area contributed by atoms with E-state index in [-0.39, 0.29) is 5.91 Å². The van der Waals surface area contributed by atoms with Gasteiger partial charge in [0, 0.05) is 6.04 Å².